The van der Waals surface area contributed by atoms with Gasteiger partial charge >= 0.3 is 0 Å². The number of anilines is 3. The second-order valence-corrected chi connectivity index (χ2v) is 12.2. The lowest BCUT2D eigenvalue weighted by atomic mass is 10.1. The highest BCUT2D eigenvalue weighted by atomic mass is 35.5. The van der Waals surface area contributed by atoms with Crippen LogP contribution < -0.4 is 19.9 Å². The molecule has 45 heavy (non-hydrogen) atoms. The van der Waals surface area contributed by atoms with Gasteiger partial charge in [-0.25, -0.2) is 0 Å². The van der Waals surface area contributed by atoms with Crippen molar-refractivity contribution in [2.45, 2.75) is 20.5 Å². The Hall–Kier alpha value is -3.70. The third kappa shape index (κ3) is 7.94. The number of carbonyl (C=O) groups excluding carboxylic acids is 3. The first-order valence-electron chi connectivity index (χ1n) is 14.7. The van der Waals surface area contributed by atoms with Gasteiger partial charge in [-0.15, -0.1) is 0 Å². The van der Waals surface area contributed by atoms with Crippen LogP contribution in [0.5, 0.6) is 5.75 Å². The highest BCUT2D eigenvalue weighted by Gasteiger charge is 2.36. The predicted molar refractivity (Wildman–Crippen MR) is 182 cm³/mol. The molecule has 3 amide bonds. The lowest BCUT2D eigenvalue weighted by Gasteiger charge is -2.30. The first-order chi connectivity index (χ1) is 21.8. The first kappa shape index (κ1) is 32.7. The van der Waals surface area contributed by atoms with Crippen LogP contribution in [-0.2, 0) is 20.9 Å². The van der Waals surface area contributed by atoms with E-state index >= 15 is 0 Å². The molecule has 0 unspecified atom stereocenters. The van der Waals surface area contributed by atoms with Crippen LogP contribution in [0.3, 0.4) is 0 Å². The van der Waals surface area contributed by atoms with Gasteiger partial charge in [0.2, 0.25) is 5.91 Å². The number of morpholine rings is 1. The van der Waals surface area contributed by atoms with E-state index in [0.717, 1.165) is 46.7 Å². The van der Waals surface area contributed by atoms with Gasteiger partial charge in [-0.1, -0.05) is 41.4 Å². The average Bonchev–Trinajstić information content (AvgIpc) is 3.30. The van der Waals surface area contributed by atoms with E-state index < -0.39 is 23.6 Å². The Balaban J connectivity index is 1.33. The standard InChI is InChI=1S/C33H34Cl2N4O5S/c1-3-37(4-2)25-12-10-22(29(19-25)44-21-23-9-11-24(34)18-26(23)35)17-30-32(41)39(33(42)45-30)20-31(40)36-27-7-5-6-8-28(27)38-13-15-43-16-14-38/h5-12,17-19H,3-4,13-16,20-21H2,1-2H3,(H,36,40)/b30-17+. The lowest BCUT2D eigenvalue weighted by molar-refractivity contribution is -0.127. The van der Waals surface area contributed by atoms with E-state index in [1.54, 1.807) is 30.3 Å². The van der Waals surface area contributed by atoms with Gasteiger partial charge in [0.25, 0.3) is 11.1 Å². The van der Waals surface area contributed by atoms with Crippen LogP contribution in [0.4, 0.5) is 21.9 Å². The van der Waals surface area contributed by atoms with Crippen molar-refractivity contribution in [3.8, 4) is 5.75 Å². The molecule has 0 radical (unpaired) electrons. The number of nitrogens with zero attached hydrogens (tertiary/aromatic N) is 3. The highest BCUT2D eigenvalue weighted by molar-refractivity contribution is 8.18. The van der Waals surface area contributed by atoms with Crippen LogP contribution in [0.15, 0.2) is 65.6 Å². The molecule has 0 aliphatic carbocycles. The van der Waals surface area contributed by atoms with Gasteiger partial charge in [0.05, 0.1) is 29.5 Å². The summed E-state index contributed by atoms with van der Waals surface area (Å²) in [6.45, 7) is 8.12. The summed E-state index contributed by atoms with van der Waals surface area (Å²) in [5, 5.41) is 3.37. The van der Waals surface area contributed by atoms with Crippen LogP contribution in [0, 0.1) is 0 Å². The maximum atomic E-state index is 13.4. The Bertz CT molecular complexity index is 1610. The number of halogens is 2. The summed E-state index contributed by atoms with van der Waals surface area (Å²) in [5.41, 5.74) is 3.80. The molecule has 0 saturated carbocycles. The van der Waals surface area contributed by atoms with E-state index in [9.17, 15) is 14.4 Å². The van der Waals surface area contributed by atoms with Crippen LogP contribution in [0.2, 0.25) is 10.0 Å². The third-order valence-electron chi connectivity index (χ3n) is 7.52. The fraction of sp³-hybridized carbons (Fsp3) is 0.303. The highest BCUT2D eigenvalue weighted by Crippen LogP contribution is 2.36. The van der Waals surface area contributed by atoms with Gasteiger partial charge in [-0.2, -0.15) is 0 Å². The maximum Gasteiger partial charge on any atom is 0.294 e. The molecule has 0 spiro atoms. The fourth-order valence-corrected chi connectivity index (χ4v) is 6.41. The van der Waals surface area contributed by atoms with Crippen molar-refractivity contribution < 1.29 is 23.9 Å². The summed E-state index contributed by atoms with van der Waals surface area (Å²) in [6.07, 6.45) is 1.63. The molecule has 9 nitrogen and oxygen atoms in total. The summed E-state index contributed by atoms with van der Waals surface area (Å²) in [5.74, 6) is -0.484. The molecule has 2 fully saturated rings. The number of ether oxygens (including phenoxy) is 2. The Morgan fingerprint density at radius 2 is 1.80 bits per heavy atom. The molecule has 2 saturated heterocycles. The number of carbonyl (C=O) groups is 3. The number of benzene rings is 3. The zero-order valence-corrected chi connectivity index (χ0v) is 27.4. The van der Waals surface area contributed by atoms with Gasteiger partial charge < -0.3 is 24.6 Å². The second kappa shape index (κ2) is 15.1. The number of nitrogens with one attached hydrogen (secondary N) is 1. The normalized spacial score (nSPS) is 16.0. The summed E-state index contributed by atoms with van der Waals surface area (Å²) in [4.78, 5) is 44.9. The van der Waals surface area contributed by atoms with Crippen molar-refractivity contribution >= 4 is 75.2 Å². The number of hydrogen-bond donors (Lipinski definition) is 1. The molecular weight excluding hydrogens is 635 g/mol. The summed E-state index contributed by atoms with van der Waals surface area (Å²) in [7, 11) is 0. The molecule has 0 aromatic heterocycles. The number of imide groups is 1. The average molecular weight is 670 g/mol. The Labute approximate surface area is 277 Å². The number of para-hydroxylation sites is 2. The summed E-state index contributed by atoms with van der Waals surface area (Å²) >= 11 is 13.2. The van der Waals surface area contributed by atoms with Gasteiger partial charge in [-0.05, 0) is 68.1 Å². The van der Waals surface area contributed by atoms with Gasteiger partial charge in [0.1, 0.15) is 18.9 Å². The molecule has 2 aliphatic heterocycles. The van der Waals surface area contributed by atoms with Crippen LogP contribution in [0.1, 0.15) is 25.0 Å². The zero-order valence-electron chi connectivity index (χ0n) is 25.1. The van der Waals surface area contributed by atoms with Gasteiger partial charge in [0, 0.05) is 59.1 Å². The fourth-order valence-electron chi connectivity index (χ4n) is 5.12. The largest absolute Gasteiger partial charge is 0.488 e. The number of thioether (sulfide) groups is 1. The zero-order chi connectivity index (χ0) is 31.9. The molecule has 5 rings (SSSR count). The molecule has 12 heteroatoms. The Morgan fingerprint density at radius 3 is 2.53 bits per heavy atom. The molecule has 1 N–H and O–H groups in total. The van der Waals surface area contributed by atoms with E-state index in [0.29, 0.717) is 53.3 Å². The van der Waals surface area contributed by atoms with E-state index in [2.05, 4.69) is 29.0 Å². The quantitative estimate of drug-likeness (QED) is 0.220. The number of amides is 3. The topological polar surface area (TPSA) is 91.4 Å². The number of hydrogen-bond acceptors (Lipinski definition) is 8. The Morgan fingerprint density at radius 1 is 1.04 bits per heavy atom. The minimum absolute atomic E-state index is 0.173. The molecule has 2 aliphatic rings. The second-order valence-electron chi connectivity index (χ2n) is 10.4. The summed E-state index contributed by atoms with van der Waals surface area (Å²) < 4.78 is 11.7. The van der Waals surface area contributed by atoms with Crippen molar-refractivity contribution in [2.24, 2.45) is 0 Å². The smallest absolute Gasteiger partial charge is 0.294 e. The van der Waals surface area contributed by atoms with E-state index in [1.807, 2.05) is 36.4 Å². The molecule has 0 atom stereocenters. The van der Waals surface area contributed by atoms with Crippen LogP contribution >= 0.6 is 35.0 Å². The number of rotatable bonds is 11. The summed E-state index contributed by atoms with van der Waals surface area (Å²) in [6, 6.07) is 18.4. The van der Waals surface area contributed by atoms with Crippen molar-refractivity contribution in [3.05, 3.63) is 86.7 Å². The van der Waals surface area contributed by atoms with E-state index in [1.165, 1.54) is 0 Å². The molecule has 236 valence electrons. The van der Waals surface area contributed by atoms with E-state index in [4.69, 9.17) is 32.7 Å². The Kier molecular flexibility index (Phi) is 10.9. The lowest BCUT2D eigenvalue weighted by Crippen LogP contribution is -2.38. The molecule has 3 aromatic carbocycles. The molecule has 0 bridgehead atoms. The SMILES string of the molecule is CCN(CC)c1ccc(/C=C2/SC(=O)N(CC(=O)Nc3ccccc3N3CCOCC3)C2=O)c(OCc2ccc(Cl)cc2Cl)c1. The minimum atomic E-state index is -0.541. The maximum absolute atomic E-state index is 13.4. The van der Waals surface area contributed by atoms with Crippen LogP contribution in [-0.4, -0.2) is 67.9 Å². The third-order valence-corrected chi connectivity index (χ3v) is 9.01. The van der Waals surface area contributed by atoms with Crippen molar-refractivity contribution in [3.63, 3.8) is 0 Å². The predicted octanol–water partition coefficient (Wildman–Crippen LogP) is 6.93. The molecule has 3 aromatic rings. The van der Waals surface area contributed by atoms with E-state index in [-0.39, 0.29) is 11.5 Å². The van der Waals surface area contributed by atoms with Gasteiger partial charge in [-0.3, -0.25) is 19.3 Å². The van der Waals surface area contributed by atoms with Crippen LogP contribution in [0.25, 0.3) is 6.08 Å². The van der Waals surface area contributed by atoms with Crippen molar-refractivity contribution in [2.75, 3.05) is 61.1 Å². The monoisotopic (exact) mass is 668 g/mol. The first-order valence-corrected chi connectivity index (χ1v) is 16.3. The van der Waals surface area contributed by atoms with Crippen molar-refractivity contribution in [1.82, 2.24) is 4.90 Å². The minimum Gasteiger partial charge on any atom is -0.488 e. The van der Waals surface area contributed by atoms with Crippen molar-refractivity contribution in [1.29, 1.82) is 0 Å². The molecule has 2 heterocycles. The molecular formula is C33H34Cl2N4O5S. The van der Waals surface area contributed by atoms with Gasteiger partial charge in [0.15, 0.2) is 0 Å².